The van der Waals surface area contributed by atoms with Crippen LogP contribution in [0.2, 0.25) is 0 Å². The number of amides is 1. The zero-order chi connectivity index (χ0) is 38.0. The van der Waals surface area contributed by atoms with Crippen LogP contribution in [0.4, 0.5) is 0 Å². The first kappa shape index (κ1) is 36.9. The molecule has 288 valence electrons. The Morgan fingerprint density at radius 2 is 1.58 bits per heavy atom. The fourth-order valence-electron chi connectivity index (χ4n) is 13.4. The van der Waals surface area contributed by atoms with E-state index in [4.69, 9.17) is 14.2 Å². The van der Waals surface area contributed by atoms with E-state index in [1.807, 2.05) is 45.0 Å². The number of Topliss-reactive ketones (excluding diaryl/α,β-unsaturated/α-hetero) is 1. The Kier molecular flexibility index (Phi) is 8.19. The maximum Gasteiger partial charge on any atom is 0.313 e. The number of benzene rings is 1. The third kappa shape index (κ3) is 4.45. The summed E-state index contributed by atoms with van der Waals surface area (Å²) in [5.41, 5.74) is -4.41. The molecule has 9 rings (SSSR count). The Balaban J connectivity index is 1.19. The highest BCUT2D eigenvalue weighted by Gasteiger charge is 2.78. The van der Waals surface area contributed by atoms with Crippen LogP contribution in [0, 0.1) is 44.3 Å². The largest absolute Gasteiger partial charge is 0.497 e. The van der Waals surface area contributed by atoms with E-state index in [2.05, 4.69) is 32.1 Å². The Hall–Kier alpha value is -3.01. The van der Waals surface area contributed by atoms with Crippen molar-refractivity contribution in [3.8, 4) is 5.75 Å². The second kappa shape index (κ2) is 11.8. The first-order valence-electron chi connectivity index (χ1n) is 20.0. The number of allylic oxidation sites excluding steroid dienone is 4. The van der Waals surface area contributed by atoms with E-state index in [9.17, 15) is 24.6 Å². The van der Waals surface area contributed by atoms with Crippen LogP contribution in [0.25, 0.3) is 0 Å². The average molecular weight is 730 g/mol. The zero-order valence-electron chi connectivity index (χ0n) is 32.8. The summed E-state index contributed by atoms with van der Waals surface area (Å²) in [6.07, 6.45) is 13.1. The van der Waals surface area contributed by atoms with Gasteiger partial charge in [0.2, 0.25) is 0 Å². The normalized spacial score (nSPS) is 44.1. The van der Waals surface area contributed by atoms with Gasteiger partial charge in [0.1, 0.15) is 5.75 Å². The molecule has 1 unspecified atom stereocenters. The van der Waals surface area contributed by atoms with Gasteiger partial charge in [0.25, 0.3) is 5.91 Å². The van der Waals surface area contributed by atoms with Gasteiger partial charge >= 0.3 is 5.97 Å². The summed E-state index contributed by atoms with van der Waals surface area (Å²) in [6.45, 7) is 11.4. The molecule has 1 heterocycles. The van der Waals surface area contributed by atoms with Gasteiger partial charge in [-0.15, -0.1) is 0 Å². The summed E-state index contributed by atoms with van der Waals surface area (Å²) < 4.78 is 16.9. The minimum Gasteiger partial charge on any atom is -0.497 e. The predicted molar refractivity (Wildman–Crippen MR) is 199 cm³/mol. The lowest BCUT2D eigenvalue weighted by Crippen LogP contribution is -2.68. The number of fused-ring (bicyclic) bond motifs is 3. The monoisotopic (exact) mass is 729 g/mol. The number of nitrogens with zero attached hydrogens (tertiary/aromatic N) is 1. The second-order valence-corrected chi connectivity index (χ2v) is 19.1. The highest BCUT2D eigenvalue weighted by atomic mass is 16.6. The van der Waals surface area contributed by atoms with Crippen molar-refractivity contribution in [1.82, 2.24) is 4.90 Å². The average Bonchev–Trinajstić information content (AvgIpc) is 3.58. The number of hydrogen-bond donors (Lipinski definition) is 2. The molecule has 1 saturated heterocycles. The molecule has 2 N–H and O–H groups in total. The number of carbonyl (C=O) groups excluding carboxylic acids is 3. The molecule has 1 aromatic carbocycles. The number of hydrogen-bond acceptors (Lipinski definition) is 8. The number of ether oxygens (including phenoxy) is 3. The maximum absolute atomic E-state index is 14.9. The molecule has 1 amide bonds. The molecular weight excluding hydrogens is 670 g/mol. The van der Waals surface area contributed by atoms with Crippen molar-refractivity contribution in [1.29, 1.82) is 0 Å². The van der Waals surface area contributed by atoms with Crippen LogP contribution in [0.3, 0.4) is 0 Å². The lowest BCUT2D eigenvalue weighted by Gasteiger charge is -2.71. The van der Waals surface area contributed by atoms with Gasteiger partial charge in [0.05, 0.1) is 30.8 Å². The first-order valence-corrected chi connectivity index (χ1v) is 20.0. The molecule has 10 atom stereocenters. The third-order valence-corrected chi connectivity index (χ3v) is 17.3. The van der Waals surface area contributed by atoms with E-state index in [-0.39, 0.29) is 41.5 Å². The van der Waals surface area contributed by atoms with Gasteiger partial charge in [0.15, 0.2) is 11.4 Å². The zero-order valence-corrected chi connectivity index (χ0v) is 32.8. The van der Waals surface area contributed by atoms with E-state index in [0.29, 0.717) is 63.0 Å². The molecule has 1 aromatic rings. The van der Waals surface area contributed by atoms with Gasteiger partial charge in [0, 0.05) is 53.1 Å². The van der Waals surface area contributed by atoms with Crippen molar-refractivity contribution in [2.24, 2.45) is 44.3 Å². The van der Waals surface area contributed by atoms with E-state index >= 15 is 0 Å². The molecule has 9 heteroatoms. The SMILES string of the molecule is COCCCN(C[C@]1(O)CC[C@H]2[C@]34C=C[C@@]5(C=C3C(=O)c3ccc(OC)cc3)CC(O)CC[C@]5(C)[C@H]4CC[C@@]21C)C(=O)[C@@]12CC[C@@](C)(C(=O)O1)C2(C)C. The van der Waals surface area contributed by atoms with Crippen molar-refractivity contribution < 1.29 is 38.8 Å². The van der Waals surface area contributed by atoms with Crippen LogP contribution in [0.5, 0.6) is 5.75 Å². The predicted octanol–water partition coefficient (Wildman–Crippen LogP) is 6.46. The molecule has 7 aliphatic carbocycles. The molecule has 9 nitrogen and oxygen atoms in total. The smallest absolute Gasteiger partial charge is 0.313 e. The van der Waals surface area contributed by atoms with E-state index in [1.54, 1.807) is 19.1 Å². The topological polar surface area (TPSA) is 123 Å². The number of rotatable bonds is 10. The Morgan fingerprint density at radius 1 is 0.906 bits per heavy atom. The number of methoxy groups -OCH3 is 2. The fourth-order valence-corrected chi connectivity index (χ4v) is 13.4. The van der Waals surface area contributed by atoms with Gasteiger partial charge in [-0.2, -0.15) is 0 Å². The molecule has 53 heavy (non-hydrogen) atoms. The molecular formula is C44H59NO8. The van der Waals surface area contributed by atoms with Gasteiger partial charge < -0.3 is 29.3 Å². The number of ketones is 1. The minimum atomic E-state index is -1.28. The summed E-state index contributed by atoms with van der Waals surface area (Å²) in [7, 11) is 3.26. The lowest BCUT2D eigenvalue weighted by molar-refractivity contribution is -0.187. The Bertz CT molecular complexity index is 1780. The molecule has 0 aromatic heterocycles. The van der Waals surface area contributed by atoms with Crippen molar-refractivity contribution in [2.75, 3.05) is 33.9 Å². The molecule has 0 radical (unpaired) electrons. The van der Waals surface area contributed by atoms with Crippen LogP contribution >= 0.6 is 0 Å². The molecule has 2 spiro atoms. The summed E-state index contributed by atoms with van der Waals surface area (Å²) in [4.78, 5) is 44.9. The van der Waals surface area contributed by atoms with E-state index < -0.39 is 44.4 Å². The Labute approximate surface area is 314 Å². The van der Waals surface area contributed by atoms with Crippen LogP contribution in [0.15, 0.2) is 48.1 Å². The fraction of sp³-hybridized carbons (Fsp3) is 0.705. The summed E-state index contributed by atoms with van der Waals surface area (Å²) in [6, 6.07) is 7.34. The van der Waals surface area contributed by atoms with Crippen LogP contribution in [0.1, 0.15) is 109 Å². The number of aliphatic hydroxyl groups is 2. The molecule has 5 fully saturated rings. The number of carbonyl (C=O) groups is 3. The summed E-state index contributed by atoms with van der Waals surface area (Å²) in [5, 5.41) is 24.3. The number of aliphatic hydroxyl groups excluding tert-OH is 1. The standard InChI is InChI=1S/C44H59NO8/c1-37(2)40(5)19-22-44(37,53-36(40)49)35(48)45(23-8-24-51-6)27-42(50)18-15-33-39(42,4)17-14-32-38(3)16-13-29(46)25-41(38)20-21-43(32,33)31(26-41)34(47)28-9-11-30(52-7)12-10-28/h9-12,20-21,26,29,32-33,46,50H,8,13-19,22-25,27H2,1-7H3/t29?,32-,33-,38-,39+,40+,41+,42-,43-,44-/m1/s1. The summed E-state index contributed by atoms with van der Waals surface area (Å²) >= 11 is 0. The van der Waals surface area contributed by atoms with Gasteiger partial charge in [-0.25, -0.2) is 0 Å². The Morgan fingerprint density at radius 3 is 2.23 bits per heavy atom. The molecule has 4 bridgehead atoms. The molecule has 4 saturated carbocycles. The van der Waals surface area contributed by atoms with Gasteiger partial charge in [-0.3, -0.25) is 14.4 Å². The third-order valence-electron chi connectivity index (χ3n) is 17.3. The lowest BCUT2D eigenvalue weighted by atomic mass is 9.32. The van der Waals surface area contributed by atoms with Crippen molar-refractivity contribution in [2.45, 2.75) is 116 Å². The van der Waals surface area contributed by atoms with Gasteiger partial charge in [-0.1, -0.05) is 45.9 Å². The maximum atomic E-state index is 14.9. The quantitative estimate of drug-likeness (QED) is 0.122. The van der Waals surface area contributed by atoms with Crippen molar-refractivity contribution in [3.63, 3.8) is 0 Å². The first-order chi connectivity index (χ1) is 24.9. The number of esters is 1. The molecule has 8 aliphatic rings. The highest BCUT2D eigenvalue weighted by Crippen LogP contribution is 2.78. The second-order valence-electron chi connectivity index (χ2n) is 19.1. The van der Waals surface area contributed by atoms with E-state index in [0.717, 1.165) is 31.3 Å². The van der Waals surface area contributed by atoms with Crippen LogP contribution < -0.4 is 4.74 Å². The van der Waals surface area contributed by atoms with Crippen molar-refractivity contribution >= 4 is 17.7 Å². The van der Waals surface area contributed by atoms with E-state index in [1.165, 1.54) is 0 Å². The highest BCUT2D eigenvalue weighted by molar-refractivity contribution is 6.10. The molecule has 1 aliphatic heterocycles. The van der Waals surface area contributed by atoms with Gasteiger partial charge in [-0.05, 0) is 113 Å². The van der Waals surface area contributed by atoms with Crippen LogP contribution in [-0.4, -0.2) is 84.0 Å². The van der Waals surface area contributed by atoms with Crippen molar-refractivity contribution in [3.05, 3.63) is 53.6 Å². The minimum absolute atomic E-state index is 0.00628. The summed E-state index contributed by atoms with van der Waals surface area (Å²) in [5.74, 6) is 0.243. The van der Waals surface area contributed by atoms with Crippen LogP contribution in [-0.2, 0) is 19.1 Å².